The van der Waals surface area contributed by atoms with Crippen LogP contribution >= 0.6 is 0 Å². The summed E-state index contributed by atoms with van der Waals surface area (Å²) in [5.74, 6) is 0.208. The molecule has 0 aliphatic carbocycles. The molecule has 0 saturated carbocycles. The van der Waals surface area contributed by atoms with E-state index < -0.39 is 5.97 Å². The van der Waals surface area contributed by atoms with Crippen LogP contribution in [0, 0.1) is 0 Å². The molecule has 0 saturated heterocycles. The molecule has 0 spiro atoms. The molecule has 1 aliphatic rings. The zero-order valence-electron chi connectivity index (χ0n) is 11.2. The fraction of sp³-hybridized carbons (Fsp3) is 0.267. The molecule has 0 fully saturated rings. The molecule has 3 rings (SSSR count). The van der Waals surface area contributed by atoms with Crippen molar-refractivity contribution in [2.24, 2.45) is 0 Å². The number of carboxylic acid groups (broad SMARTS) is 1. The smallest absolute Gasteiger partial charge is 0.354 e. The SMILES string of the molecule is CCc1nc(C(=O)O)cc(N2CCc3ccccc32)n1. The van der Waals surface area contributed by atoms with Crippen LogP contribution in [0.4, 0.5) is 11.5 Å². The van der Waals surface area contributed by atoms with Gasteiger partial charge in [-0.15, -0.1) is 0 Å². The predicted molar refractivity (Wildman–Crippen MR) is 75.5 cm³/mol. The Hall–Kier alpha value is -2.43. The first kappa shape index (κ1) is 12.6. The molecule has 0 unspecified atom stereocenters. The van der Waals surface area contributed by atoms with Gasteiger partial charge in [-0.1, -0.05) is 25.1 Å². The quantitative estimate of drug-likeness (QED) is 0.927. The lowest BCUT2D eigenvalue weighted by Gasteiger charge is -2.19. The summed E-state index contributed by atoms with van der Waals surface area (Å²) in [5, 5.41) is 9.16. The number of aryl methyl sites for hydroxylation is 1. The Morgan fingerprint density at radius 2 is 2.15 bits per heavy atom. The predicted octanol–water partition coefficient (Wildman–Crippen LogP) is 2.43. The molecule has 1 aromatic carbocycles. The normalized spacial score (nSPS) is 13.3. The van der Waals surface area contributed by atoms with Crippen LogP contribution in [-0.2, 0) is 12.8 Å². The van der Waals surface area contributed by atoms with Crippen LogP contribution < -0.4 is 4.90 Å². The van der Waals surface area contributed by atoms with Crippen molar-refractivity contribution in [3.63, 3.8) is 0 Å². The Kier molecular flexibility index (Phi) is 3.10. The zero-order chi connectivity index (χ0) is 14.1. The average Bonchev–Trinajstić information content (AvgIpc) is 2.90. The maximum Gasteiger partial charge on any atom is 0.354 e. The number of aromatic carboxylic acids is 1. The minimum atomic E-state index is -1.02. The maximum atomic E-state index is 11.2. The second kappa shape index (κ2) is 4.92. The van der Waals surface area contributed by atoms with Crippen molar-refractivity contribution < 1.29 is 9.90 Å². The van der Waals surface area contributed by atoms with Gasteiger partial charge >= 0.3 is 5.97 Å². The molecule has 0 atom stereocenters. The van der Waals surface area contributed by atoms with Crippen molar-refractivity contribution in [3.8, 4) is 0 Å². The third-order valence-electron chi connectivity index (χ3n) is 3.46. The van der Waals surface area contributed by atoms with Crippen LogP contribution in [0.25, 0.3) is 0 Å². The Balaban J connectivity index is 2.07. The fourth-order valence-electron chi connectivity index (χ4n) is 2.47. The van der Waals surface area contributed by atoms with E-state index in [9.17, 15) is 4.79 Å². The molecule has 0 radical (unpaired) electrons. The Labute approximate surface area is 116 Å². The molecular weight excluding hydrogens is 254 g/mol. The highest BCUT2D eigenvalue weighted by molar-refractivity contribution is 5.86. The number of hydrogen-bond acceptors (Lipinski definition) is 4. The molecule has 1 N–H and O–H groups in total. The van der Waals surface area contributed by atoms with Crippen LogP contribution in [-0.4, -0.2) is 27.6 Å². The van der Waals surface area contributed by atoms with Crippen LogP contribution in [0.15, 0.2) is 30.3 Å². The molecule has 1 aromatic heterocycles. The number of benzene rings is 1. The van der Waals surface area contributed by atoms with Gasteiger partial charge in [-0.25, -0.2) is 14.8 Å². The number of carboxylic acids is 1. The highest BCUT2D eigenvalue weighted by Crippen LogP contribution is 2.33. The summed E-state index contributed by atoms with van der Waals surface area (Å²) in [6.07, 6.45) is 1.56. The number of anilines is 2. The fourth-order valence-corrected chi connectivity index (χ4v) is 2.47. The largest absolute Gasteiger partial charge is 0.477 e. The van der Waals surface area contributed by atoms with E-state index in [1.807, 2.05) is 25.1 Å². The van der Waals surface area contributed by atoms with Crippen molar-refractivity contribution in [1.29, 1.82) is 0 Å². The molecule has 5 nitrogen and oxygen atoms in total. The van der Waals surface area contributed by atoms with Gasteiger partial charge in [0.15, 0.2) is 5.69 Å². The van der Waals surface area contributed by atoms with Crippen molar-refractivity contribution in [2.75, 3.05) is 11.4 Å². The van der Waals surface area contributed by atoms with Crippen LogP contribution in [0.1, 0.15) is 28.8 Å². The number of hydrogen-bond donors (Lipinski definition) is 1. The highest BCUT2D eigenvalue weighted by atomic mass is 16.4. The summed E-state index contributed by atoms with van der Waals surface area (Å²) in [7, 11) is 0. The van der Waals surface area contributed by atoms with Crippen LogP contribution in [0.3, 0.4) is 0 Å². The summed E-state index contributed by atoms with van der Waals surface area (Å²) in [4.78, 5) is 21.7. The first-order valence-corrected chi connectivity index (χ1v) is 6.65. The van der Waals surface area contributed by atoms with Crippen molar-refractivity contribution in [3.05, 3.63) is 47.4 Å². The van der Waals surface area contributed by atoms with E-state index in [2.05, 4.69) is 20.9 Å². The monoisotopic (exact) mass is 269 g/mol. The van der Waals surface area contributed by atoms with Crippen LogP contribution in [0.2, 0.25) is 0 Å². The van der Waals surface area contributed by atoms with Gasteiger partial charge in [0.25, 0.3) is 0 Å². The number of nitrogens with zero attached hydrogens (tertiary/aromatic N) is 3. The zero-order valence-corrected chi connectivity index (χ0v) is 11.2. The second-order valence-electron chi connectivity index (χ2n) is 4.72. The lowest BCUT2D eigenvalue weighted by molar-refractivity contribution is 0.0690. The van der Waals surface area contributed by atoms with Crippen molar-refractivity contribution in [2.45, 2.75) is 19.8 Å². The van der Waals surface area contributed by atoms with E-state index in [1.54, 1.807) is 6.07 Å². The number of fused-ring (bicyclic) bond motifs is 1. The minimum Gasteiger partial charge on any atom is -0.477 e. The standard InChI is InChI=1S/C15H15N3O2/c1-2-13-16-11(15(19)20)9-14(17-13)18-8-7-10-5-3-4-6-12(10)18/h3-6,9H,2,7-8H2,1H3,(H,19,20). The van der Waals surface area contributed by atoms with E-state index in [0.717, 1.165) is 18.7 Å². The maximum absolute atomic E-state index is 11.2. The number of para-hydroxylation sites is 1. The molecule has 2 aromatic rings. The molecule has 20 heavy (non-hydrogen) atoms. The summed E-state index contributed by atoms with van der Waals surface area (Å²) in [6.45, 7) is 2.74. The van der Waals surface area contributed by atoms with E-state index >= 15 is 0 Å². The number of aromatic nitrogens is 2. The number of rotatable bonds is 3. The summed E-state index contributed by atoms with van der Waals surface area (Å²) >= 11 is 0. The molecule has 0 amide bonds. The lowest BCUT2D eigenvalue weighted by Crippen LogP contribution is -2.17. The lowest BCUT2D eigenvalue weighted by atomic mass is 10.2. The molecule has 1 aliphatic heterocycles. The third kappa shape index (κ3) is 2.11. The minimum absolute atomic E-state index is 0.0521. The van der Waals surface area contributed by atoms with Gasteiger partial charge in [-0.2, -0.15) is 0 Å². The van der Waals surface area contributed by atoms with Gasteiger partial charge in [-0.05, 0) is 18.1 Å². The molecule has 2 heterocycles. The Bertz CT molecular complexity index is 670. The van der Waals surface area contributed by atoms with E-state index in [4.69, 9.17) is 5.11 Å². The first-order chi connectivity index (χ1) is 9.69. The van der Waals surface area contributed by atoms with E-state index in [0.29, 0.717) is 18.1 Å². The van der Waals surface area contributed by atoms with Gasteiger partial charge in [0, 0.05) is 24.7 Å². The summed E-state index contributed by atoms with van der Waals surface area (Å²) in [6, 6.07) is 9.68. The topological polar surface area (TPSA) is 66.3 Å². The van der Waals surface area contributed by atoms with Gasteiger partial charge < -0.3 is 10.0 Å². The Morgan fingerprint density at radius 1 is 1.35 bits per heavy atom. The first-order valence-electron chi connectivity index (χ1n) is 6.65. The van der Waals surface area contributed by atoms with Gasteiger partial charge in [-0.3, -0.25) is 0 Å². The molecular formula is C15H15N3O2. The molecule has 0 bridgehead atoms. The third-order valence-corrected chi connectivity index (χ3v) is 3.46. The van der Waals surface area contributed by atoms with Crippen molar-refractivity contribution in [1.82, 2.24) is 9.97 Å². The van der Waals surface area contributed by atoms with Crippen LogP contribution in [0.5, 0.6) is 0 Å². The van der Waals surface area contributed by atoms with Gasteiger partial charge in [0.2, 0.25) is 0 Å². The molecule has 102 valence electrons. The number of carbonyl (C=O) groups is 1. The second-order valence-corrected chi connectivity index (χ2v) is 4.72. The average molecular weight is 269 g/mol. The molecule has 5 heteroatoms. The highest BCUT2D eigenvalue weighted by Gasteiger charge is 2.22. The van der Waals surface area contributed by atoms with Gasteiger partial charge in [0.05, 0.1) is 0 Å². The Morgan fingerprint density at radius 3 is 2.90 bits per heavy atom. The van der Waals surface area contributed by atoms with Gasteiger partial charge in [0.1, 0.15) is 11.6 Å². The van der Waals surface area contributed by atoms with E-state index in [1.165, 1.54) is 5.56 Å². The summed E-state index contributed by atoms with van der Waals surface area (Å²) < 4.78 is 0. The van der Waals surface area contributed by atoms with E-state index in [-0.39, 0.29) is 5.69 Å². The summed E-state index contributed by atoms with van der Waals surface area (Å²) in [5.41, 5.74) is 2.42. The van der Waals surface area contributed by atoms with Crippen molar-refractivity contribution >= 4 is 17.5 Å².